The second-order valence-electron chi connectivity index (χ2n) is 7.29. The standard InChI is InChI=1S/C23H24N2O5/c1-28-15-11-12-17(19(13-15)29-2)24-23(27)21-20(16-9-5-6-10-18(16)30-21)25-22(26)14-7-3-4-8-14/h5-6,9-14H,3-4,7-8H2,1-2H3,(H,24,27)(H,25,26). The topological polar surface area (TPSA) is 89.8 Å². The van der Waals surface area contributed by atoms with Crippen LogP contribution in [0.5, 0.6) is 11.5 Å². The molecule has 0 unspecified atom stereocenters. The highest BCUT2D eigenvalue weighted by Gasteiger charge is 2.27. The molecule has 0 radical (unpaired) electrons. The number of furan rings is 1. The number of carbonyl (C=O) groups excluding carboxylic acids is 2. The maximum absolute atomic E-state index is 13.1. The molecule has 3 aromatic rings. The molecule has 1 fully saturated rings. The van der Waals surface area contributed by atoms with E-state index in [1.165, 1.54) is 7.11 Å². The van der Waals surface area contributed by atoms with Crippen molar-refractivity contribution in [3.8, 4) is 11.5 Å². The number of fused-ring (bicyclic) bond motifs is 1. The monoisotopic (exact) mass is 408 g/mol. The predicted octanol–water partition coefficient (Wildman–Crippen LogP) is 4.83. The SMILES string of the molecule is COc1ccc(NC(=O)c2oc3ccccc3c2NC(=O)C2CCCC2)c(OC)c1. The van der Waals surface area contributed by atoms with Crippen molar-refractivity contribution in [2.45, 2.75) is 25.7 Å². The zero-order valence-electron chi connectivity index (χ0n) is 17.0. The van der Waals surface area contributed by atoms with E-state index in [-0.39, 0.29) is 17.6 Å². The molecule has 0 saturated heterocycles. The summed E-state index contributed by atoms with van der Waals surface area (Å²) in [5.74, 6) is 0.539. The molecule has 0 atom stereocenters. The number of methoxy groups -OCH3 is 2. The molecular formula is C23H24N2O5. The van der Waals surface area contributed by atoms with E-state index < -0.39 is 5.91 Å². The lowest BCUT2D eigenvalue weighted by Crippen LogP contribution is -2.22. The third-order valence-corrected chi connectivity index (χ3v) is 5.43. The number of nitrogens with one attached hydrogen (secondary N) is 2. The van der Waals surface area contributed by atoms with E-state index >= 15 is 0 Å². The fourth-order valence-corrected chi connectivity index (χ4v) is 3.82. The quantitative estimate of drug-likeness (QED) is 0.610. The summed E-state index contributed by atoms with van der Waals surface area (Å²) in [6, 6.07) is 12.4. The van der Waals surface area contributed by atoms with E-state index in [2.05, 4.69) is 10.6 Å². The van der Waals surface area contributed by atoms with Gasteiger partial charge in [-0.3, -0.25) is 9.59 Å². The molecule has 7 nitrogen and oxygen atoms in total. The summed E-state index contributed by atoms with van der Waals surface area (Å²) in [4.78, 5) is 25.8. The number of anilines is 2. The first-order valence-electron chi connectivity index (χ1n) is 9.96. The molecule has 2 aromatic carbocycles. The number of benzene rings is 2. The molecule has 7 heteroatoms. The van der Waals surface area contributed by atoms with Crippen LogP contribution in [0.25, 0.3) is 11.0 Å². The molecule has 1 heterocycles. The first-order valence-corrected chi connectivity index (χ1v) is 9.96. The van der Waals surface area contributed by atoms with Gasteiger partial charge in [-0.15, -0.1) is 0 Å². The van der Waals surface area contributed by atoms with E-state index in [1.807, 2.05) is 18.2 Å². The van der Waals surface area contributed by atoms with Gasteiger partial charge in [-0.2, -0.15) is 0 Å². The van der Waals surface area contributed by atoms with Crippen molar-refractivity contribution in [1.29, 1.82) is 0 Å². The van der Waals surface area contributed by atoms with Gasteiger partial charge in [0.2, 0.25) is 11.7 Å². The Balaban J connectivity index is 1.66. The van der Waals surface area contributed by atoms with Crippen LogP contribution in [0.3, 0.4) is 0 Å². The minimum atomic E-state index is -0.476. The van der Waals surface area contributed by atoms with Crippen molar-refractivity contribution in [2.24, 2.45) is 5.92 Å². The number of ether oxygens (including phenoxy) is 2. The minimum Gasteiger partial charge on any atom is -0.497 e. The second-order valence-corrected chi connectivity index (χ2v) is 7.29. The highest BCUT2D eigenvalue weighted by molar-refractivity contribution is 6.15. The van der Waals surface area contributed by atoms with Crippen LogP contribution < -0.4 is 20.1 Å². The molecule has 0 spiro atoms. The molecule has 0 aliphatic heterocycles. The zero-order valence-corrected chi connectivity index (χ0v) is 17.0. The highest BCUT2D eigenvalue weighted by atomic mass is 16.5. The van der Waals surface area contributed by atoms with Crippen molar-refractivity contribution >= 4 is 34.2 Å². The number of para-hydroxylation sites is 1. The van der Waals surface area contributed by atoms with Crippen LogP contribution in [-0.4, -0.2) is 26.0 Å². The van der Waals surface area contributed by atoms with Gasteiger partial charge in [-0.25, -0.2) is 0 Å². The molecule has 1 saturated carbocycles. The van der Waals surface area contributed by atoms with Crippen molar-refractivity contribution in [1.82, 2.24) is 0 Å². The largest absolute Gasteiger partial charge is 0.497 e. The Kier molecular flexibility index (Phi) is 5.61. The van der Waals surface area contributed by atoms with Crippen LogP contribution in [0, 0.1) is 5.92 Å². The maximum Gasteiger partial charge on any atom is 0.293 e. The van der Waals surface area contributed by atoms with Crippen LogP contribution >= 0.6 is 0 Å². The molecule has 2 amide bonds. The van der Waals surface area contributed by atoms with Gasteiger partial charge in [-0.05, 0) is 37.1 Å². The summed E-state index contributed by atoms with van der Waals surface area (Å²) >= 11 is 0. The van der Waals surface area contributed by atoms with Gasteiger partial charge in [0.25, 0.3) is 5.91 Å². The Morgan fingerprint density at radius 2 is 1.77 bits per heavy atom. The predicted molar refractivity (Wildman–Crippen MR) is 114 cm³/mol. The van der Waals surface area contributed by atoms with E-state index in [0.29, 0.717) is 33.8 Å². The van der Waals surface area contributed by atoms with E-state index in [1.54, 1.807) is 31.4 Å². The summed E-state index contributed by atoms with van der Waals surface area (Å²) < 4.78 is 16.4. The van der Waals surface area contributed by atoms with E-state index in [4.69, 9.17) is 13.9 Å². The Bertz CT molecular complexity index is 1080. The van der Waals surface area contributed by atoms with Crippen LogP contribution in [-0.2, 0) is 4.79 Å². The van der Waals surface area contributed by atoms with Gasteiger partial charge >= 0.3 is 0 Å². The summed E-state index contributed by atoms with van der Waals surface area (Å²) in [6.45, 7) is 0. The molecule has 2 N–H and O–H groups in total. The number of carbonyl (C=O) groups is 2. The molecular weight excluding hydrogens is 384 g/mol. The number of amides is 2. The molecule has 0 bridgehead atoms. The van der Waals surface area contributed by atoms with Crippen LogP contribution in [0.2, 0.25) is 0 Å². The van der Waals surface area contributed by atoms with Gasteiger partial charge in [0.1, 0.15) is 22.8 Å². The Morgan fingerprint density at radius 3 is 2.50 bits per heavy atom. The molecule has 156 valence electrons. The minimum absolute atomic E-state index is 0.0312. The number of hydrogen-bond donors (Lipinski definition) is 2. The average molecular weight is 408 g/mol. The molecule has 30 heavy (non-hydrogen) atoms. The Hall–Kier alpha value is -3.48. The fraction of sp³-hybridized carbons (Fsp3) is 0.304. The lowest BCUT2D eigenvalue weighted by molar-refractivity contribution is -0.119. The lowest BCUT2D eigenvalue weighted by Gasteiger charge is -2.13. The Morgan fingerprint density at radius 1 is 1.00 bits per heavy atom. The third-order valence-electron chi connectivity index (χ3n) is 5.43. The first kappa shape index (κ1) is 19.8. The molecule has 1 aliphatic carbocycles. The van der Waals surface area contributed by atoms with Gasteiger partial charge in [-0.1, -0.05) is 25.0 Å². The highest BCUT2D eigenvalue weighted by Crippen LogP contribution is 2.35. The smallest absolute Gasteiger partial charge is 0.293 e. The van der Waals surface area contributed by atoms with Crippen molar-refractivity contribution in [3.63, 3.8) is 0 Å². The van der Waals surface area contributed by atoms with Crippen LogP contribution in [0.1, 0.15) is 36.2 Å². The third kappa shape index (κ3) is 3.83. The summed E-state index contributed by atoms with van der Waals surface area (Å²) in [5, 5.41) is 6.44. The van der Waals surface area contributed by atoms with Crippen LogP contribution in [0.15, 0.2) is 46.9 Å². The average Bonchev–Trinajstić information content (AvgIpc) is 3.43. The fourth-order valence-electron chi connectivity index (χ4n) is 3.82. The lowest BCUT2D eigenvalue weighted by atomic mass is 10.1. The summed E-state index contributed by atoms with van der Waals surface area (Å²) in [6.07, 6.45) is 3.84. The van der Waals surface area contributed by atoms with Crippen LogP contribution in [0.4, 0.5) is 11.4 Å². The second kappa shape index (κ2) is 8.49. The van der Waals surface area contributed by atoms with Gasteiger partial charge in [0, 0.05) is 17.4 Å². The number of rotatable bonds is 6. The Labute approximate surface area is 174 Å². The van der Waals surface area contributed by atoms with Gasteiger partial charge in [0.15, 0.2) is 0 Å². The summed E-state index contributed by atoms with van der Waals surface area (Å²) in [7, 11) is 3.07. The van der Waals surface area contributed by atoms with E-state index in [9.17, 15) is 9.59 Å². The number of hydrogen-bond acceptors (Lipinski definition) is 5. The molecule has 4 rings (SSSR count). The van der Waals surface area contributed by atoms with E-state index in [0.717, 1.165) is 25.7 Å². The van der Waals surface area contributed by atoms with Crippen molar-refractivity contribution in [2.75, 3.05) is 24.9 Å². The summed E-state index contributed by atoms with van der Waals surface area (Å²) in [5.41, 5.74) is 1.40. The zero-order chi connectivity index (χ0) is 21.1. The van der Waals surface area contributed by atoms with Gasteiger partial charge < -0.3 is 24.5 Å². The van der Waals surface area contributed by atoms with Crippen molar-refractivity contribution < 1.29 is 23.5 Å². The van der Waals surface area contributed by atoms with Crippen molar-refractivity contribution in [3.05, 3.63) is 48.2 Å². The molecule has 1 aromatic heterocycles. The molecule has 1 aliphatic rings. The maximum atomic E-state index is 13.1. The van der Waals surface area contributed by atoms with Gasteiger partial charge in [0.05, 0.1) is 19.9 Å². The first-order chi connectivity index (χ1) is 14.6. The normalized spacial score (nSPS) is 13.9.